The normalized spacial score (nSPS) is 21.3. The van der Waals surface area contributed by atoms with Crippen LogP contribution in [0.4, 0.5) is 0 Å². The zero-order chi connectivity index (χ0) is 22.5. The highest BCUT2D eigenvalue weighted by atomic mass is 16.8. The smallest absolute Gasteiger partial charge is 0.311 e. The van der Waals surface area contributed by atoms with Gasteiger partial charge in [0, 0.05) is 6.42 Å². The van der Waals surface area contributed by atoms with Crippen molar-refractivity contribution < 1.29 is 33.3 Å². The number of ether oxygens (including phenoxy) is 5. The molecule has 7 heteroatoms. The fraction of sp³-hybridized carbons (Fsp3) is 0.818. The SMILES string of the molecule is C=C[C@@H](OC(=O)C(C)(C)C)[C@H](OCCCOC(=O)C(C)(C)C)[C@H]1COC(C)(C)O1. The van der Waals surface area contributed by atoms with E-state index in [1.54, 1.807) is 47.6 Å². The molecule has 3 atom stereocenters. The summed E-state index contributed by atoms with van der Waals surface area (Å²) in [7, 11) is 0. The fourth-order valence-electron chi connectivity index (χ4n) is 2.50. The lowest BCUT2D eigenvalue weighted by Gasteiger charge is -2.31. The number of esters is 2. The minimum atomic E-state index is -0.742. The number of carbonyl (C=O) groups is 2. The molecule has 0 bridgehead atoms. The van der Waals surface area contributed by atoms with Crippen LogP contribution in [-0.2, 0) is 33.3 Å². The maximum atomic E-state index is 12.4. The summed E-state index contributed by atoms with van der Waals surface area (Å²) in [6.45, 7) is 19.1. The monoisotopic (exact) mass is 414 g/mol. The van der Waals surface area contributed by atoms with Crippen LogP contribution >= 0.6 is 0 Å². The second-order valence-corrected chi connectivity index (χ2v) is 9.80. The lowest BCUT2D eigenvalue weighted by atomic mass is 9.97. The van der Waals surface area contributed by atoms with E-state index in [-0.39, 0.29) is 18.5 Å². The maximum absolute atomic E-state index is 12.4. The van der Waals surface area contributed by atoms with E-state index in [0.717, 1.165) is 0 Å². The minimum Gasteiger partial charge on any atom is -0.465 e. The molecule has 0 radical (unpaired) electrons. The van der Waals surface area contributed by atoms with E-state index in [4.69, 9.17) is 23.7 Å². The van der Waals surface area contributed by atoms with Crippen LogP contribution in [0.25, 0.3) is 0 Å². The highest BCUT2D eigenvalue weighted by Crippen LogP contribution is 2.29. The summed E-state index contributed by atoms with van der Waals surface area (Å²) in [6.07, 6.45) is 0.354. The Morgan fingerprint density at radius 2 is 1.69 bits per heavy atom. The average Bonchev–Trinajstić information content (AvgIpc) is 2.93. The number of hydrogen-bond donors (Lipinski definition) is 0. The fourth-order valence-corrected chi connectivity index (χ4v) is 2.50. The van der Waals surface area contributed by atoms with Gasteiger partial charge in [-0.25, -0.2) is 0 Å². The highest BCUT2D eigenvalue weighted by molar-refractivity contribution is 5.76. The predicted molar refractivity (Wildman–Crippen MR) is 109 cm³/mol. The van der Waals surface area contributed by atoms with Crippen molar-refractivity contribution in [3.05, 3.63) is 12.7 Å². The van der Waals surface area contributed by atoms with Crippen LogP contribution in [0.1, 0.15) is 61.8 Å². The Morgan fingerprint density at radius 1 is 1.10 bits per heavy atom. The van der Waals surface area contributed by atoms with E-state index in [2.05, 4.69) is 6.58 Å². The molecule has 0 saturated carbocycles. The van der Waals surface area contributed by atoms with Gasteiger partial charge in [0.2, 0.25) is 0 Å². The summed E-state index contributed by atoms with van der Waals surface area (Å²) in [6, 6.07) is 0. The first-order valence-corrected chi connectivity index (χ1v) is 10.1. The zero-order valence-electron chi connectivity index (χ0n) is 19.2. The third kappa shape index (κ3) is 8.44. The van der Waals surface area contributed by atoms with Gasteiger partial charge in [0.05, 0.1) is 30.7 Å². The second kappa shape index (κ2) is 10.0. The molecule has 0 aliphatic carbocycles. The topological polar surface area (TPSA) is 80.3 Å². The molecule has 1 saturated heterocycles. The molecule has 1 aliphatic rings. The number of rotatable bonds is 9. The lowest BCUT2D eigenvalue weighted by molar-refractivity contribution is -0.182. The Bertz CT molecular complexity index is 569. The van der Waals surface area contributed by atoms with E-state index < -0.39 is 34.9 Å². The second-order valence-electron chi connectivity index (χ2n) is 9.80. The number of carbonyl (C=O) groups excluding carboxylic acids is 2. The van der Waals surface area contributed by atoms with Crippen LogP contribution in [0.3, 0.4) is 0 Å². The first-order chi connectivity index (χ1) is 13.2. The Morgan fingerprint density at radius 3 is 2.14 bits per heavy atom. The minimum absolute atomic E-state index is 0.247. The van der Waals surface area contributed by atoms with Crippen LogP contribution in [-0.4, -0.2) is 55.9 Å². The largest absolute Gasteiger partial charge is 0.465 e. The first-order valence-electron chi connectivity index (χ1n) is 10.1. The van der Waals surface area contributed by atoms with Crippen molar-refractivity contribution >= 4 is 11.9 Å². The first kappa shape index (κ1) is 25.6. The molecular formula is C22H38O7. The van der Waals surface area contributed by atoms with Crippen LogP contribution in [0.2, 0.25) is 0 Å². The van der Waals surface area contributed by atoms with Gasteiger partial charge in [0.15, 0.2) is 5.79 Å². The van der Waals surface area contributed by atoms with Crippen molar-refractivity contribution in [3.8, 4) is 0 Å². The summed E-state index contributed by atoms with van der Waals surface area (Å²) in [4.78, 5) is 24.2. The molecule has 1 heterocycles. The summed E-state index contributed by atoms with van der Waals surface area (Å²) >= 11 is 0. The van der Waals surface area contributed by atoms with Gasteiger partial charge in [-0.3, -0.25) is 9.59 Å². The van der Waals surface area contributed by atoms with Gasteiger partial charge in [-0.05, 0) is 61.5 Å². The van der Waals surface area contributed by atoms with Crippen LogP contribution in [0.5, 0.6) is 0 Å². The molecule has 7 nitrogen and oxygen atoms in total. The Kier molecular flexibility index (Phi) is 8.87. The quantitative estimate of drug-likeness (QED) is 0.324. The molecule has 1 rings (SSSR count). The molecule has 168 valence electrons. The molecule has 1 aliphatic heterocycles. The van der Waals surface area contributed by atoms with Gasteiger partial charge in [-0.1, -0.05) is 6.58 Å². The standard InChI is InChI=1S/C22H38O7/c1-10-15(28-19(24)21(5,6)7)17(16-14-27-22(8,9)29-16)25-12-11-13-26-18(23)20(2,3)4/h10,15-17H,1,11-14H2,2-9H3/t15-,16-,17+/m1/s1. The van der Waals surface area contributed by atoms with E-state index in [0.29, 0.717) is 19.6 Å². The van der Waals surface area contributed by atoms with E-state index in [9.17, 15) is 9.59 Å². The van der Waals surface area contributed by atoms with Crippen LogP contribution in [0.15, 0.2) is 12.7 Å². The van der Waals surface area contributed by atoms with Crippen molar-refractivity contribution in [3.63, 3.8) is 0 Å². The molecular weight excluding hydrogens is 376 g/mol. The van der Waals surface area contributed by atoms with Crippen molar-refractivity contribution in [1.82, 2.24) is 0 Å². The molecule has 0 N–H and O–H groups in total. The van der Waals surface area contributed by atoms with Gasteiger partial charge < -0.3 is 23.7 Å². The molecule has 29 heavy (non-hydrogen) atoms. The Balaban J connectivity index is 2.72. The third-order valence-electron chi connectivity index (χ3n) is 4.25. The molecule has 0 aromatic heterocycles. The Labute approximate surface area is 175 Å². The van der Waals surface area contributed by atoms with Crippen molar-refractivity contribution in [2.24, 2.45) is 10.8 Å². The van der Waals surface area contributed by atoms with Crippen molar-refractivity contribution in [1.29, 1.82) is 0 Å². The van der Waals surface area contributed by atoms with Gasteiger partial charge in [0.25, 0.3) is 0 Å². The van der Waals surface area contributed by atoms with E-state index >= 15 is 0 Å². The van der Waals surface area contributed by atoms with Gasteiger partial charge in [0.1, 0.15) is 18.3 Å². The maximum Gasteiger partial charge on any atom is 0.311 e. The summed E-state index contributed by atoms with van der Waals surface area (Å²) in [5.74, 6) is -1.35. The third-order valence-corrected chi connectivity index (χ3v) is 4.25. The van der Waals surface area contributed by atoms with Gasteiger partial charge in [-0.2, -0.15) is 0 Å². The summed E-state index contributed by atoms with van der Waals surface area (Å²) in [5, 5.41) is 0. The summed E-state index contributed by atoms with van der Waals surface area (Å²) < 4.78 is 28.5. The lowest BCUT2D eigenvalue weighted by Crippen LogP contribution is -2.44. The average molecular weight is 415 g/mol. The molecule has 0 spiro atoms. The van der Waals surface area contributed by atoms with Crippen LogP contribution < -0.4 is 0 Å². The highest BCUT2D eigenvalue weighted by Gasteiger charge is 2.42. The predicted octanol–water partition coefficient (Wildman–Crippen LogP) is 3.65. The molecule has 0 unspecified atom stereocenters. The van der Waals surface area contributed by atoms with Gasteiger partial charge >= 0.3 is 11.9 Å². The van der Waals surface area contributed by atoms with Crippen LogP contribution in [0, 0.1) is 10.8 Å². The van der Waals surface area contributed by atoms with Gasteiger partial charge in [-0.15, -0.1) is 0 Å². The Hall–Kier alpha value is -1.44. The van der Waals surface area contributed by atoms with Crippen molar-refractivity contribution in [2.45, 2.75) is 85.9 Å². The molecule has 0 aromatic carbocycles. The molecule has 0 aromatic rings. The van der Waals surface area contributed by atoms with E-state index in [1.807, 2.05) is 13.8 Å². The summed E-state index contributed by atoms with van der Waals surface area (Å²) in [5.41, 5.74) is -1.20. The molecule has 1 fully saturated rings. The zero-order valence-corrected chi connectivity index (χ0v) is 19.2. The number of hydrogen-bond acceptors (Lipinski definition) is 7. The molecule has 0 amide bonds. The van der Waals surface area contributed by atoms with E-state index in [1.165, 1.54) is 0 Å². The van der Waals surface area contributed by atoms with Crippen molar-refractivity contribution in [2.75, 3.05) is 19.8 Å².